The largest absolute Gasteiger partial charge is 0.416 e. The number of benzene rings is 2. The average molecular weight is 413 g/mol. The Balaban J connectivity index is 2.00. The van der Waals surface area contributed by atoms with Crippen LogP contribution < -0.4 is 5.32 Å². The van der Waals surface area contributed by atoms with Crippen molar-refractivity contribution in [3.8, 4) is 11.3 Å². The number of alkyl halides is 3. The first kappa shape index (κ1) is 20.6. The first-order valence-corrected chi connectivity index (χ1v) is 8.12. The van der Waals surface area contributed by atoms with Gasteiger partial charge in [-0.25, -0.2) is 23.1 Å². The summed E-state index contributed by atoms with van der Waals surface area (Å²) >= 11 is 0. The number of nitrogens with one attached hydrogen (secondary N) is 1. The van der Waals surface area contributed by atoms with E-state index in [2.05, 4.69) is 15.3 Å². The molecule has 29 heavy (non-hydrogen) atoms. The Kier molecular flexibility index (Phi) is 5.73. The third-order valence-electron chi connectivity index (χ3n) is 3.82. The summed E-state index contributed by atoms with van der Waals surface area (Å²) in [7, 11) is 1.33. The second-order valence-electron chi connectivity index (χ2n) is 5.99. The van der Waals surface area contributed by atoms with Gasteiger partial charge >= 0.3 is 6.18 Å². The van der Waals surface area contributed by atoms with Crippen molar-refractivity contribution >= 4 is 11.6 Å². The number of halogens is 6. The van der Waals surface area contributed by atoms with Gasteiger partial charge in [0.1, 0.15) is 17.3 Å². The molecule has 1 heterocycles. The number of hydrogen-bond donors (Lipinski definition) is 1. The van der Waals surface area contributed by atoms with E-state index in [1.807, 2.05) is 0 Å². The molecule has 0 fully saturated rings. The Labute approximate surface area is 161 Å². The van der Waals surface area contributed by atoms with E-state index >= 15 is 0 Å². The van der Waals surface area contributed by atoms with Gasteiger partial charge < -0.3 is 10.1 Å². The van der Waals surface area contributed by atoms with Crippen LogP contribution in [0.3, 0.4) is 0 Å². The second-order valence-corrected chi connectivity index (χ2v) is 5.99. The first-order valence-electron chi connectivity index (χ1n) is 8.12. The van der Waals surface area contributed by atoms with Gasteiger partial charge in [-0.05, 0) is 35.9 Å². The Morgan fingerprint density at radius 2 is 1.76 bits per heavy atom. The third kappa shape index (κ3) is 4.83. The van der Waals surface area contributed by atoms with Crippen molar-refractivity contribution in [2.75, 3.05) is 12.4 Å². The van der Waals surface area contributed by atoms with Crippen LogP contribution in [-0.4, -0.2) is 17.1 Å². The van der Waals surface area contributed by atoms with E-state index in [-0.39, 0.29) is 29.4 Å². The summed E-state index contributed by atoms with van der Waals surface area (Å²) in [6.07, 6.45) is -3.87. The molecule has 1 aromatic heterocycles. The van der Waals surface area contributed by atoms with Crippen LogP contribution in [0.1, 0.15) is 11.1 Å². The van der Waals surface area contributed by atoms with Gasteiger partial charge in [0.05, 0.1) is 18.4 Å². The number of methoxy groups -OCH3 is 1. The Morgan fingerprint density at radius 3 is 2.41 bits per heavy atom. The highest BCUT2D eigenvalue weighted by molar-refractivity contribution is 5.64. The summed E-state index contributed by atoms with van der Waals surface area (Å²) in [4.78, 5) is 7.49. The van der Waals surface area contributed by atoms with Gasteiger partial charge in [-0.1, -0.05) is 0 Å². The molecule has 0 aliphatic rings. The summed E-state index contributed by atoms with van der Waals surface area (Å²) in [5.74, 6) is -3.15. The number of ether oxygens (including phenoxy) is 1. The molecule has 0 unspecified atom stereocenters. The van der Waals surface area contributed by atoms with E-state index in [1.165, 1.54) is 13.2 Å². The molecule has 0 aliphatic carbocycles. The molecule has 0 radical (unpaired) electrons. The Bertz CT molecular complexity index is 1040. The molecule has 3 aromatic rings. The molecule has 1 N–H and O–H groups in total. The maximum atomic E-state index is 14.1. The molecule has 0 saturated heterocycles. The normalized spacial score (nSPS) is 11.6. The summed E-state index contributed by atoms with van der Waals surface area (Å²) in [6.45, 7) is -0.0745. The van der Waals surface area contributed by atoms with Crippen molar-refractivity contribution in [1.29, 1.82) is 0 Å². The highest BCUT2D eigenvalue weighted by atomic mass is 19.4. The third-order valence-corrected chi connectivity index (χ3v) is 3.82. The molecule has 0 bridgehead atoms. The van der Waals surface area contributed by atoms with Crippen LogP contribution in [0, 0.1) is 17.5 Å². The maximum absolute atomic E-state index is 14.1. The van der Waals surface area contributed by atoms with Gasteiger partial charge in [0.15, 0.2) is 5.82 Å². The SMILES string of the molecule is COCc1cc(Nc2ncc(F)c(-c3ccc(F)cc3F)n2)cc(C(F)(F)F)c1. The lowest BCUT2D eigenvalue weighted by Crippen LogP contribution is -2.08. The predicted octanol–water partition coefficient (Wildman–Crippen LogP) is 5.47. The number of nitrogens with zero attached hydrogens (tertiary/aromatic N) is 2. The fourth-order valence-electron chi connectivity index (χ4n) is 2.60. The standard InChI is InChI=1S/C19H13F6N3O/c1-29-9-10-4-11(19(23,24)25)6-13(5-10)27-18-26-8-16(22)17(28-18)14-3-2-12(20)7-15(14)21/h2-8H,9H2,1H3,(H,26,27,28). The molecule has 3 rings (SSSR count). The number of hydrogen-bond acceptors (Lipinski definition) is 4. The van der Waals surface area contributed by atoms with Crippen molar-refractivity contribution in [2.45, 2.75) is 12.8 Å². The van der Waals surface area contributed by atoms with Gasteiger partial charge in [0.25, 0.3) is 0 Å². The molecule has 0 amide bonds. The van der Waals surface area contributed by atoms with Crippen molar-refractivity contribution in [2.24, 2.45) is 0 Å². The summed E-state index contributed by atoms with van der Waals surface area (Å²) in [5.41, 5.74) is -1.51. The van der Waals surface area contributed by atoms with Crippen molar-refractivity contribution in [1.82, 2.24) is 9.97 Å². The van der Waals surface area contributed by atoms with Gasteiger partial charge in [0, 0.05) is 24.4 Å². The fourth-order valence-corrected chi connectivity index (χ4v) is 2.60. The summed E-state index contributed by atoms with van der Waals surface area (Å²) in [5, 5.41) is 2.54. The number of anilines is 2. The zero-order valence-corrected chi connectivity index (χ0v) is 14.8. The highest BCUT2D eigenvalue weighted by Crippen LogP contribution is 2.33. The molecule has 0 saturated carbocycles. The monoisotopic (exact) mass is 413 g/mol. The van der Waals surface area contributed by atoms with Crippen LogP contribution >= 0.6 is 0 Å². The van der Waals surface area contributed by atoms with Crippen molar-refractivity contribution in [3.05, 3.63) is 71.2 Å². The van der Waals surface area contributed by atoms with Crippen molar-refractivity contribution in [3.63, 3.8) is 0 Å². The van der Waals surface area contributed by atoms with Crippen LogP contribution in [0.15, 0.2) is 42.6 Å². The molecule has 2 aromatic carbocycles. The smallest absolute Gasteiger partial charge is 0.380 e. The maximum Gasteiger partial charge on any atom is 0.416 e. The zero-order chi connectivity index (χ0) is 21.2. The Morgan fingerprint density at radius 1 is 1.00 bits per heavy atom. The second kappa shape index (κ2) is 8.08. The minimum absolute atomic E-state index is 0.0241. The van der Waals surface area contributed by atoms with E-state index in [0.717, 1.165) is 30.5 Å². The Hall–Kier alpha value is -3.14. The molecule has 10 heteroatoms. The topological polar surface area (TPSA) is 47.0 Å². The van der Waals surface area contributed by atoms with E-state index in [0.29, 0.717) is 6.07 Å². The van der Waals surface area contributed by atoms with Gasteiger partial charge in [-0.2, -0.15) is 13.2 Å². The van der Waals surface area contributed by atoms with E-state index in [1.54, 1.807) is 0 Å². The quantitative estimate of drug-likeness (QED) is 0.564. The highest BCUT2D eigenvalue weighted by Gasteiger charge is 2.31. The minimum atomic E-state index is -4.60. The van der Waals surface area contributed by atoms with Crippen LogP contribution in [0.25, 0.3) is 11.3 Å². The van der Waals surface area contributed by atoms with E-state index in [4.69, 9.17) is 4.74 Å². The number of rotatable bonds is 5. The summed E-state index contributed by atoms with van der Waals surface area (Å²) in [6, 6.07) is 5.62. The molecule has 0 spiro atoms. The average Bonchev–Trinajstić information content (AvgIpc) is 2.63. The lowest BCUT2D eigenvalue weighted by Gasteiger charge is -2.13. The van der Waals surface area contributed by atoms with Crippen molar-refractivity contribution < 1.29 is 31.1 Å². The van der Waals surface area contributed by atoms with Crippen LogP contribution in [0.2, 0.25) is 0 Å². The first-order chi connectivity index (χ1) is 13.7. The van der Waals surface area contributed by atoms with Gasteiger partial charge in [-0.3, -0.25) is 0 Å². The molecule has 152 valence electrons. The lowest BCUT2D eigenvalue weighted by molar-refractivity contribution is -0.137. The molecule has 0 aliphatic heterocycles. The predicted molar refractivity (Wildman–Crippen MR) is 92.8 cm³/mol. The lowest BCUT2D eigenvalue weighted by atomic mass is 10.1. The summed E-state index contributed by atoms with van der Waals surface area (Å²) < 4.78 is 85.4. The molecule has 4 nitrogen and oxygen atoms in total. The molecular formula is C19H13F6N3O. The number of aromatic nitrogens is 2. The van der Waals surface area contributed by atoms with E-state index < -0.39 is 34.9 Å². The van der Waals surface area contributed by atoms with E-state index in [9.17, 15) is 26.3 Å². The zero-order valence-electron chi connectivity index (χ0n) is 14.8. The van der Waals surface area contributed by atoms with Gasteiger partial charge in [0.2, 0.25) is 5.95 Å². The van der Waals surface area contributed by atoms with Crippen LogP contribution in [0.4, 0.5) is 38.0 Å². The fraction of sp³-hybridized carbons (Fsp3) is 0.158. The van der Waals surface area contributed by atoms with Gasteiger partial charge in [-0.15, -0.1) is 0 Å². The van der Waals surface area contributed by atoms with Crippen LogP contribution in [-0.2, 0) is 17.5 Å². The van der Waals surface area contributed by atoms with Crippen LogP contribution in [0.5, 0.6) is 0 Å². The minimum Gasteiger partial charge on any atom is -0.380 e. The molecular weight excluding hydrogens is 400 g/mol. The molecule has 0 atom stereocenters.